The molecule has 0 radical (unpaired) electrons. The number of carbonyl (C=O) groups excluding carboxylic acids is 1. The van der Waals surface area contributed by atoms with Gasteiger partial charge in [-0.1, -0.05) is 36.4 Å². The molecule has 1 aliphatic carbocycles. The van der Waals surface area contributed by atoms with Crippen molar-refractivity contribution in [2.75, 3.05) is 5.32 Å². The molecule has 2 aromatic heterocycles. The van der Waals surface area contributed by atoms with Crippen LogP contribution in [-0.2, 0) is 11.3 Å². The van der Waals surface area contributed by atoms with Crippen molar-refractivity contribution in [1.82, 2.24) is 19.6 Å². The van der Waals surface area contributed by atoms with E-state index in [9.17, 15) is 14.0 Å². The molecule has 1 saturated carbocycles. The number of hydrogen-bond acceptors (Lipinski definition) is 4. The van der Waals surface area contributed by atoms with E-state index in [0.29, 0.717) is 22.3 Å². The second-order valence-corrected chi connectivity index (χ2v) is 8.49. The summed E-state index contributed by atoms with van der Waals surface area (Å²) in [5.74, 6) is -0.482. The zero-order valence-electron chi connectivity index (χ0n) is 18.1. The van der Waals surface area contributed by atoms with Gasteiger partial charge in [0, 0.05) is 22.4 Å². The molecule has 0 unspecified atom stereocenters. The average Bonchev–Trinajstić information content (AvgIpc) is 3.59. The van der Waals surface area contributed by atoms with Crippen LogP contribution in [0.25, 0.3) is 27.4 Å². The lowest BCUT2D eigenvalue weighted by molar-refractivity contribution is -0.117. The summed E-state index contributed by atoms with van der Waals surface area (Å²) in [6.45, 7) is -0.230. The van der Waals surface area contributed by atoms with Crippen LogP contribution in [0.15, 0.2) is 77.7 Å². The number of nitrogens with one attached hydrogen (secondary N) is 1. The van der Waals surface area contributed by atoms with E-state index in [2.05, 4.69) is 15.5 Å². The normalized spacial score (nSPS) is 13.4. The van der Waals surface area contributed by atoms with E-state index in [-0.39, 0.29) is 24.2 Å². The smallest absolute Gasteiger partial charge is 0.293 e. The average molecular weight is 453 g/mol. The van der Waals surface area contributed by atoms with E-state index < -0.39 is 5.56 Å². The summed E-state index contributed by atoms with van der Waals surface area (Å²) in [6, 6.07) is 19.2. The molecule has 34 heavy (non-hydrogen) atoms. The van der Waals surface area contributed by atoms with Gasteiger partial charge < -0.3 is 5.32 Å². The highest BCUT2D eigenvalue weighted by molar-refractivity contribution is 6.02. The van der Waals surface area contributed by atoms with Crippen molar-refractivity contribution in [2.45, 2.75) is 25.3 Å². The molecule has 1 N–H and O–H groups in total. The molecule has 7 nitrogen and oxygen atoms in total. The summed E-state index contributed by atoms with van der Waals surface area (Å²) < 4.78 is 16.1. The van der Waals surface area contributed by atoms with Crippen molar-refractivity contribution in [2.24, 2.45) is 0 Å². The monoisotopic (exact) mass is 453 g/mol. The lowest BCUT2D eigenvalue weighted by Crippen LogP contribution is -2.31. The third-order valence-electron chi connectivity index (χ3n) is 6.10. The first-order valence-corrected chi connectivity index (χ1v) is 11.1. The van der Waals surface area contributed by atoms with Crippen molar-refractivity contribution >= 4 is 33.3 Å². The summed E-state index contributed by atoms with van der Waals surface area (Å²) in [4.78, 5) is 26.4. The van der Waals surface area contributed by atoms with E-state index in [0.717, 1.165) is 29.3 Å². The maximum Gasteiger partial charge on any atom is 0.293 e. The number of fused-ring (bicyclic) bond motifs is 2. The Balaban J connectivity index is 1.40. The van der Waals surface area contributed by atoms with Crippen molar-refractivity contribution in [1.29, 1.82) is 0 Å². The van der Waals surface area contributed by atoms with E-state index in [1.807, 2.05) is 42.5 Å². The molecule has 5 aromatic rings. The third-order valence-corrected chi connectivity index (χ3v) is 6.10. The SMILES string of the molecule is O=C(Cn1nc(C2CC2)c2cnn(-c3ccc(F)cc3)c2c1=O)Nc1cccc2ccccc12. The third kappa shape index (κ3) is 3.53. The van der Waals surface area contributed by atoms with Crippen LogP contribution in [-0.4, -0.2) is 25.5 Å². The Kier molecular flexibility index (Phi) is 4.72. The number of anilines is 1. The number of hydrogen-bond donors (Lipinski definition) is 1. The van der Waals surface area contributed by atoms with Crippen LogP contribution in [0.1, 0.15) is 24.5 Å². The molecule has 168 valence electrons. The predicted octanol–water partition coefficient (Wildman–Crippen LogP) is 4.39. The quantitative estimate of drug-likeness (QED) is 0.428. The van der Waals surface area contributed by atoms with Gasteiger partial charge in [-0.3, -0.25) is 9.59 Å². The van der Waals surface area contributed by atoms with Gasteiger partial charge in [-0.25, -0.2) is 13.8 Å². The summed E-state index contributed by atoms with van der Waals surface area (Å²) in [5.41, 5.74) is 1.92. The maximum absolute atomic E-state index is 13.4. The van der Waals surface area contributed by atoms with Crippen LogP contribution in [0.4, 0.5) is 10.1 Å². The Morgan fingerprint density at radius 3 is 2.56 bits per heavy atom. The molecule has 1 aliphatic rings. The molecule has 0 spiro atoms. The molecular weight excluding hydrogens is 433 g/mol. The van der Waals surface area contributed by atoms with Gasteiger partial charge in [-0.2, -0.15) is 10.2 Å². The van der Waals surface area contributed by atoms with Gasteiger partial charge in [-0.15, -0.1) is 0 Å². The highest BCUT2D eigenvalue weighted by Gasteiger charge is 2.30. The van der Waals surface area contributed by atoms with Crippen LogP contribution in [0.2, 0.25) is 0 Å². The Bertz CT molecular complexity index is 1610. The van der Waals surface area contributed by atoms with E-state index >= 15 is 0 Å². The van der Waals surface area contributed by atoms with Gasteiger partial charge in [-0.05, 0) is 48.6 Å². The van der Waals surface area contributed by atoms with Crippen molar-refractivity contribution in [3.63, 3.8) is 0 Å². The first-order chi connectivity index (χ1) is 16.6. The molecule has 0 saturated heterocycles. The van der Waals surface area contributed by atoms with Crippen LogP contribution in [0.5, 0.6) is 0 Å². The minimum absolute atomic E-state index is 0.230. The highest BCUT2D eigenvalue weighted by atomic mass is 19.1. The number of nitrogens with zero attached hydrogens (tertiary/aromatic N) is 4. The number of halogens is 1. The van der Waals surface area contributed by atoms with Crippen LogP contribution in [0, 0.1) is 5.82 Å². The lowest BCUT2D eigenvalue weighted by atomic mass is 10.1. The summed E-state index contributed by atoms with van der Waals surface area (Å²) in [5, 5.41) is 14.5. The Morgan fingerprint density at radius 1 is 1.00 bits per heavy atom. The number of aromatic nitrogens is 4. The Morgan fingerprint density at radius 2 is 1.76 bits per heavy atom. The summed E-state index contributed by atoms with van der Waals surface area (Å²) >= 11 is 0. The molecule has 0 aliphatic heterocycles. The van der Waals surface area contributed by atoms with Crippen molar-refractivity contribution in [3.05, 3.63) is 94.8 Å². The van der Waals surface area contributed by atoms with Gasteiger partial charge in [0.2, 0.25) is 5.91 Å². The second-order valence-electron chi connectivity index (χ2n) is 8.49. The second kappa shape index (κ2) is 7.91. The maximum atomic E-state index is 13.4. The standard InChI is InChI=1S/C26H20FN5O2/c27-18-10-12-19(13-11-18)32-25-21(14-28-32)24(17-8-9-17)30-31(26(25)34)15-23(33)29-22-7-3-5-16-4-1-2-6-20(16)22/h1-7,10-14,17H,8-9,15H2,(H,29,33). The number of benzene rings is 3. The highest BCUT2D eigenvalue weighted by Crippen LogP contribution is 2.41. The summed E-state index contributed by atoms with van der Waals surface area (Å²) in [7, 11) is 0. The fraction of sp³-hybridized carbons (Fsp3) is 0.154. The lowest BCUT2D eigenvalue weighted by Gasteiger charge is -2.12. The largest absolute Gasteiger partial charge is 0.324 e. The Hall–Kier alpha value is -4.33. The number of carbonyl (C=O) groups is 1. The van der Waals surface area contributed by atoms with E-state index in [1.54, 1.807) is 18.3 Å². The Labute approximate surface area is 193 Å². The van der Waals surface area contributed by atoms with Gasteiger partial charge in [0.15, 0.2) is 0 Å². The number of amides is 1. The summed E-state index contributed by atoms with van der Waals surface area (Å²) in [6.07, 6.45) is 3.58. The fourth-order valence-corrected chi connectivity index (χ4v) is 4.30. The van der Waals surface area contributed by atoms with Gasteiger partial charge >= 0.3 is 0 Å². The zero-order valence-corrected chi connectivity index (χ0v) is 18.1. The van der Waals surface area contributed by atoms with Gasteiger partial charge in [0.05, 0.1) is 17.6 Å². The molecule has 1 amide bonds. The molecular formula is C26H20FN5O2. The molecule has 0 bridgehead atoms. The van der Waals surface area contributed by atoms with Crippen molar-refractivity contribution in [3.8, 4) is 5.69 Å². The predicted molar refractivity (Wildman–Crippen MR) is 128 cm³/mol. The fourth-order valence-electron chi connectivity index (χ4n) is 4.30. The minimum atomic E-state index is -0.422. The molecule has 1 fully saturated rings. The van der Waals surface area contributed by atoms with Crippen LogP contribution < -0.4 is 10.9 Å². The van der Waals surface area contributed by atoms with Crippen LogP contribution in [0.3, 0.4) is 0 Å². The molecule has 2 heterocycles. The zero-order chi connectivity index (χ0) is 23.2. The van der Waals surface area contributed by atoms with Crippen molar-refractivity contribution < 1.29 is 9.18 Å². The van der Waals surface area contributed by atoms with Gasteiger partial charge in [0.25, 0.3) is 5.56 Å². The number of rotatable bonds is 5. The molecule has 3 aromatic carbocycles. The minimum Gasteiger partial charge on any atom is -0.324 e. The topological polar surface area (TPSA) is 81.8 Å². The molecule has 8 heteroatoms. The van der Waals surface area contributed by atoms with Crippen LogP contribution >= 0.6 is 0 Å². The molecule has 0 atom stereocenters. The van der Waals surface area contributed by atoms with E-state index in [4.69, 9.17) is 0 Å². The first kappa shape index (κ1) is 20.3. The molecule has 6 rings (SSSR count). The first-order valence-electron chi connectivity index (χ1n) is 11.1. The van der Waals surface area contributed by atoms with E-state index in [1.165, 1.54) is 21.5 Å². The van der Waals surface area contributed by atoms with Gasteiger partial charge in [0.1, 0.15) is 17.9 Å².